The predicted octanol–water partition coefficient (Wildman–Crippen LogP) is 2.35. The van der Waals surface area contributed by atoms with E-state index in [9.17, 15) is 18.4 Å². The molecule has 0 spiro atoms. The van der Waals surface area contributed by atoms with Crippen LogP contribution < -0.4 is 10.6 Å². The first-order valence-corrected chi connectivity index (χ1v) is 5.72. The molecule has 6 heteroatoms. The number of anilines is 2. The lowest BCUT2D eigenvalue weighted by Crippen LogP contribution is -2.29. The maximum atomic E-state index is 13.2. The molecule has 0 radical (unpaired) electrons. The van der Waals surface area contributed by atoms with Gasteiger partial charge in [-0.05, 0) is 24.3 Å². The van der Waals surface area contributed by atoms with Gasteiger partial charge in [-0.15, -0.1) is 0 Å². The van der Waals surface area contributed by atoms with Crippen LogP contribution in [0.1, 0.15) is 20.7 Å². The highest BCUT2D eigenvalue weighted by atomic mass is 19.1. The number of rotatable bonds is 1. The third-order valence-electron chi connectivity index (χ3n) is 3.05. The van der Waals surface area contributed by atoms with Crippen molar-refractivity contribution in [2.75, 3.05) is 10.6 Å². The van der Waals surface area contributed by atoms with Crippen LogP contribution in [-0.2, 0) is 0 Å². The Kier molecular flexibility index (Phi) is 2.53. The van der Waals surface area contributed by atoms with Gasteiger partial charge in [0.2, 0.25) is 0 Å². The van der Waals surface area contributed by atoms with Crippen LogP contribution in [-0.4, -0.2) is 11.8 Å². The molecule has 3 rings (SSSR count). The number of nitrogens with zero attached hydrogens (tertiary/aromatic N) is 1. The first-order chi connectivity index (χ1) is 9.49. The van der Waals surface area contributed by atoms with Crippen molar-refractivity contribution >= 4 is 23.2 Å². The Balaban J connectivity index is 2.17. The van der Waals surface area contributed by atoms with Crippen LogP contribution in [0.25, 0.3) is 0 Å². The fraction of sp³-hybridized carbons (Fsp3) is 0. The Hall–Kier alpha value is -2.76. The highest BCUT2D eigenvalue weighted by molar-refractivity contribution is 6.35. The molecule has 0 saturated carbocycles. The summed E-state index contributed by atoms with van der Waals surface area (Å²) < 4.78 is 26.5. The fourth-order valence-electron chi connectivity index (χ4n) is 2.21. The largest absolute Gasteiger partial charge is 0.398 e. The molecule has 2 aromatic carbocycles. The first kappa shape index (κ1) is 12.3. The molecule has 0 aliphatic carbocycles. The van der Waals surface area contributed by atoms with E-state index in [1.54, 1.807) is 0 Å². The third-order valence-corrected chi connectivity index (χ3v) is 3.05. The lowest BCUT2D eigenvalue weighted by Gasteiger charge is -2.14. The number of carbonyl (C=O) groups excluding carboxylic acids is 2. The number of hydrogen-bond acceptors (Lipinski definition) is 3. The zero-order chi connectivity index (χ0) is 14.4. The van der Waals surface area contributed by atoms with Crippen molar-refractivity contribution in [3.8, 4) is 0 Å². The zero-order valence-electron chi connectivity index (χ0n) is 10.1. The van der Waals surface area contributed by atoms with E-state index in [0.717, 1.165) is 12.1 Å². The van der Waals surface area contributed by atoms with E-state index >= 15 is 0 Å². The zero-order valence-corrected chi connectivity index (χ0v) is 10.1. The van der Waals surface area contributed by atoms with Crippen LogP contribution in [0.5, 0.6) is 0 Å². The summed E-state index contributed by atoms with van der Waals surface area (Å²) in [6.07, 6.45) is 0. The number of nitrogens with two attached hydrogens (primary N) is 1. The second kappa shape index (κ2) is 4.12. The average Bonchev–Trinajstić information content (AvgIpc) is 2.61. The molecule has 0 unspecified atom stereocenters. The van der Waals surface area contributed by atoms with Crippen LogP contribution in [0.3, 0.4) is 0 Å². The molecule has 1 aliphatic heterocycles. The number of halogens is 2. The second-order valence-corrected chi connectivity index (χ2v) is 4.34. The summed E-state index contributed by atoms with van der Waals surface area (Å²) >= 11 is 0. The highest BCUT2D eigenvalue weighted by Crippen LogP contribution is 2.32. The summed E-state index contributed by atoms with van der Waals surface area (Å²) in [4.78, 5) is 25.1. The number of nitrogen functional groups attached to an aromatic ring is 1. The van der Waals surface area contributed by atoms with E-state index < -0.39 is 23.4 Å². The van der Waals surface area contributed by atoms with Gasteiger partial charge < -0.3 is 5.73 Å². The standard InChI is InChI=1S/C14H8F2N2O2/c15-7-4-8(16)6-9(5-7)18-13(19)10-2-1-3-11(17)12(10)14(18)20/h1-6H,17H2. The monoisotopic (exact) mass is 274 g/mol. The SMILES string of the molecule is Nc1cccc2c1C(=O)N(c1cc(F)cc(F)c1)C2=O. The summed E-state index contributed by atoms with van der Waals surface area (Å²) in [6.45, 7) is 0. The van der Waals surface area contributed by atoms with Crippen LogP contribution in [0.2, 0.25) is 0 Å². The van der Waals surface area contributed by atoms with E-state index in [0.29, 0.717) is 11.0 Å². The molecule has 0 fully saturated rings. The van der Waals surface area contributed by atoms with Crippen molar-refractivity contribution in [2.45, 2.75) is 0 Å². The number of benzene rings is 2. The van der Waals surface area contributed by atoms with Gasteiger partial charge in [0.1, 0.15) is 11.6 Å². The third kappa shape index (κ3) is 1.65. The van der Waals surface area contributed by atoms with Crippen molar-refractivity contribution in [3.63, 3.8) is 0 Å². The van der Waals surface area contributed by atoms with Gasteiger partial charge in [-0.1, -0.05) is 6.07 Å². The van der Waals surface area contributed by atoms with Crippen LogP contribution in [0.15, 0.2) is 36.4 Å². The maximum Gasteiger partial charge on any atom is 0.268 e. The summed E-state index contributed by atoms with van der Waals surface area (Å²) in [6, 6.07) is 6.97. The van der Waals surface area contributed by atoms with Crippen LogP contribution >= 0.6 is 0 Å². The van der Waals surface area contributed by atoms with E-state index in [2.05, 4.69) is 0 Å². The lowest BCUT2D eigenvalue weighted by molar-refractivity contribution is 0.0926. The minimum Gasteiger partial charge on any atom is -0.398 e. The lowest BCUT2D eigenvalue weighted by atomic mass is 10.1. The minimum absolute atomic E-state index is 0.0576. The van der Waals surface area contributed by atoms with Crippen molar-refractivity contribution in [2.24, 2.45) is 0 Å². The number of hydrogen-bond donors (Lipinski definition) is 1. The summed E-state index contributed by atoms with van der Waals surface area (Å²) in [7, 11) is 0. The molecule has 1 heterocycles. The van der Waals surface area contributed by atoms with Gasteiger partial charge >= 0.3 is 0 Å². The average molecular weight is 274 g/mol. The molecule has 0 bridgehead atoms. The Morgan fingerprint density at radius 1 is 0.950 bits per heavy atom. The first-order valence-electron chi connectivity index (χ1n) is 5.72. The molecule has 2 amide bonds. The van der Waals surface area contributed by atoms with Crippen LogP contribution in [0, 0.1) is 11.6 Å². The molecule has 4 nitrogen and oxygen atoms in total. The smallest absolute Gasteiger partial charge is 0.268 e. The van der Waals surface area contributed by atoms with E-state index in [1.165, 1.54) is 18.2 Å². The molecular formula is C14H8F2N2O2. The quantitative estimate of drug-likeness (QED) is 0.641. The van der Waals surface area contributed by atoms with Gasteiger partial charge in [0.05, 0.1) is 16.8 Å². The van der Waals surface area contributed by atoms with Crippen molar-refractivity contribution in [1.82, 2.24) is 0 Å². The Labute approximate surface area is 112 Å². The summed E-state index contributed by atoms with van der Waals surface area (Å²) in [5.74, 6) is -3.08. The van der Waals surface area contributed by atoms with Crippen LogP contribution in [0.4, 0.5) is 20.2 Å². The number of fused-ring (bicyclic) bond motifs is 1. The predicted molar refractivity (Wildman–Crippen MR) is 68.4 cm³/mol. The van der Waals surface area contributed by atoms with Crippen molar-refractivity contribution < 1.29 is 18.4 Å². The van der Waals surface area contributed by atoms with E-state index in [1.807, 2.05) is 0 Å². The van der Waals surface area contributed by atoms with Gasteiger partial charge in [-0.25, -0.2) is 13.7 Å². The molecule has 0 saturated heterocycles. The van der Waals surface area contributed by atoms with Gasteiger partial charge in [-0.2, -0.15) is 0 Å². The number of carbonyl (C=O) groups is 2. The molecule has 2 aromatic rings. The topological polar surface area (TPSA) is 63.4 Å². The molecule has 20 heavy (non-hydrogen) atoms. The maximum absolute atomic E-state index is 13.2. The second-order valence-electron chi connectivity index (χ2n) is 4.34. The molecule has 100 valence electrons. The normalized spacial score (nSPS) is 13.8. The van der Waals surface area contributed by atoms with Gasteiger partial charge in [0, 0.05) is 11.8 Å². The number of imide groups is 1. The van der Waals surface area contributed by atoms with Gasteiger partial charge in [0.25, 0.3) is 11.8 Å². The number of amides is 2. The molecular weight excluding hydrogens is 266 g/mol. The molecule has 1 aliphatic rings. The highest BCUT2D eigenvalue weighted by Gasteiger charge is 2.38. The van der Waals surface area contributed by atoms with Crippen molar-refractivity contribution in [1.29, 1.82) is 0 Å². The van der Waals surface area contributed by atoms with Gasteiger partial charge in [0.15, 0.2) is 0 Å². The summed E-state index contributed by atoms with van der Waals surface area (Å²) in [5, 5.41) is 0. The van der Waals surface area contributed by atoms with Gasteiger partial charge in [-0.3, -0.25) is 9.59 Å². The molecule has 0 atom stereocenters. The molecule has 0 aromatic heterocycles. The van der Waals surface area contributed by atoms with Crippen molar-refractivity contribution in [3.05, 3.63) is 59.2 Å². The summed E-state index contributed by atoms with van der Waals surface area (Å²) in [5.41, 5.74) is 5.85. The fourth-order valence-corrected chi connectivity index (χ4v) is 2.21. The van der Waals surface area contributed by atoms with E-state index in [4.69, 9.17) is 5.73 Å². The Morgan fingerprint density at radius 2 is 1.60 bits per heavy atom. The minimum atomic E-state index is -0.871. The Morgan fingerprint density at radius 3 is 2.20 bits per heavy atom. The molecule has 2 N–H and O–H groups in total. The van der Waals surface area contributed by atoms with E-state index in [-0.39, 0.29) is 22.5 Å². The Bertz CT molecular complexity index is 739.